The molecule has 4 saturated carbocycles. The number of fused-ring (bicyclic) bond motifs is 1. The number of Topliss-reactive ketones (excluding diaryl/α,β-unsaturated/α-hetero) is 1. The number of carbonyl (C=O) groups is 2. The normalized spacial score (nSPS) is 46.0. The van der Waals surface area contributed by atoms with Crippen LogP contribution in [0, 0.1) is 23.7 Å². The average molecular weight is 252 g/mol. The van der Waals surface area contributed by atoms with Crippen molar-refractivity contribution in [1.29, 1.82) is 0 Å². The van der Waals surface area contributed by atoms with E-state index in [0.29, 0.717) is 11.8 Å². The summed E-state index contributed by atoms with van der Waals surface area (Å²) >= 11 is 0. The zero-order valence-corrected chi connectivity index (χ0v) is 10.7. The van der Waals surface area contributed by atoms with Crippen molar-refractivity contribution < 1.29 is 19.4 Å². The smallest absolute Gasteiger partial charge is 0.346 e. The standard InChI is InChI=1S/C14H20O4/c1-2-18-13(16)14(17)11-6-8-3-9(7-11)5-10(4-8)12(14)15/h8-11,17H,2-7H2,1H3. The Hall–Kier alpha value is -0.900. The molecule has 4 aliphatic rings. The van der Waals surface area contributed by atoms with Crippen LogP contribution in [-0.4, -0.2) is 29.1 Å². The molecule has 0 spiro atoms. The first-order valence-corrected chi connectivity index (χ1v) is 6.99. The molecule has 0 aromatic rings. The third-order valence-electron chi connectivity index (χ3n) is 5.06. The Morgan fingerprint density at radius 2 is 1.89 bits per heavy atom. The average Bonchev–Trinajstić information content (AvgIpc) is 2.45. The molecular formula is C14H20O4. The van der Waals surface area contributed by atoms with E-state index in [9.17, 15) is 14.7 Å². The summed E-state index contributed by atoms with van der Waals surface area (Å²) in [6.07, 6.45) is 4.47. The van der Waals surface area contributed by atoms with Gasteiger partial charge in [-0.1, -0.05) is 0 Å². The fourth-order valence-corrected chi connectivity index (χ4v) is 4.43. The second kappa shape index (κ2) is 4.05. The minimum absolute atomic E-state index is 0.129. The van der Waals surface area contributed by atoms with Gasteiger partial charge in [-0.15, -0.1) is 0 Å². The monoisotopic (exact) mass is 252 g/mol. The Bertz CT molecular complexity index is 377. The molecule has 4 fully saturated rings. The van der Waals surface area contributed by atoms with Gasteiger partial charge in [0, 0.05) is 11.8 Å². The lowest BCUT2D eigenvalue weighted by Crippen LogP contribution is -2.54. The Labute approximate surface area is 107 Å². The molecule has 4 aliphatic carbocycles. The van der Waals surface area contributed by atoms with Crippen LogP contribution in [0.1, 0.15) is 39.0 Å². The molecular weight excluding hydrogens is 232 g/mol. The van der Waals surface area contributed by atoms with Crippen LogP contribution >= 0.6 is 0 Å². The van der Waals surface area contributed by atoms with Gasteiger partial charge in [0.05, 0.1) is 6.61 Å². The van der Waals surface area contributed by atoms with Gasteiger partial charge in [0.15, 0.2) is 5.78 Å². The molecule has 0 heterocycles. The van der Waals surface area contributed by atoms with Crippen LogP contribution in [0.25, 0.3) is 0 Å². The van der Waals surface area contributed by atoms with Gasteiger partial charge in [-0.05, 0) is 50.9 Å². The summed E-state index contributed by atoms with van der Waals surface area (Å²) in [5, 5.41) is 10.7. The minimum atomic E-state index is -1.86. The predicted molar refractivity (Wildman–Crippen MR) is 63.6 cm³/mol. The van der Waals surface area contributed by atoms with Crippen LogP contribution in [-0.2, 0) is 14.3 Å². The maximum Gasteiger partial charge on any atom is 0.346 e. The highest BCUT2D eigenvalue weighted by atomic mass is 16.5. The summed E-state index contributed by atoms with van der Waals surface area (Å²) in [6.45, 7) is 1.91. The maximum absolute atomic E-state index is 12.5. The summed E-state index contributed by atoms with van der Waals surface area (Å²) in [4.78, 5) is 24.5. The third kappa shape index (κ3) is 1.54. The highest BCUT2D eigenvalue weighted by molar-refractivity contribution is 6.08. The number of hydrogen-bond donors (Lipinski definition) is 1. The quantitative estimate of drug-likeness (QED) is 0.594. The van der Waals surface area contributed by atoms with E-state index in [2.05, 4.69) is 0 Å². The van der Waals surface area contributed by atoms with Crippen molar-refractivity contribution in [3.05, 3.63) is 0 Å². The molecule has 4 heteroatoms. The van der Waals surface area contributed by atoms with Crippen LogP contribution < -0.4 is 0 Å². The first kappa shape index (κ1) is 12.2. The summed E-state index contributed by atoms with van der Waals surface area (Å²) < 4.78 is 4.96. The molecule has 4 rings (SSSR count). The van der Waals surface area contributed by atoms with Crippen molar-refractivity contribution in [3.63, 3.8) is 0 Å². The number of rotatable bonds is 2. The van der Waals surface area contributed by atoms with Crippen molar-refractivity contribution in [2.75, 3.05) is 6.61 Å². The number of aliphatic hydroxyl groups is 1. The number of ketones is 1. The second-order valence-electron chi connectivity index (χ2n) is 6.16. The van der Waals surface area contributed by atoms with Crippen molar-refractivity contribution >= 4 is 11.8 Å². The molecule has 4 bridgehead atoms. The predicted octanol–water partition coefficient (Wildman–Crippen LogP) is 1.31. The van der Waals surface area contributed by atoms with Crippen LogP contribution in [0.5, 0.6) is 0 Å². The summed E-state index contributed by atoms with van der Waals surface area (Å²) in [6, 6.07) is 0. The third-order valence-corrected chi connectivity index (χ3v) is 5.06. The summed E-state index contributed by atoms with van der Waals surface area (Å²) in [5.41, 5.74) is -1.86. The van der Waals surface area contributed by atoms with Crippen LogP contribution in [0.2, 0.25) is 0 Å². The zero-order chi connectivity index (χ0) is 12.9. The Morgan fingerprint density at radius 1 is 1.28 bits per heavy atom. The van der Waals surface area contributed by atoms with Crippen LogP contribution in [0.3, 0.4) is 0 Å². The molecule has 0 aromatic heterocycles. The largest absolute Gasteiger partial charge is 0.464 e. The SMILES string of the molecule is CCOC(=O)C1(O)C(=O)C2CC3CC(C2)CC1C3. The summed E-state index contributed by atoms with van der Waals surface area (Å²) in [5.74, 6) is -0.306. The lowest BCUT2D eigenvalue weighted by Gasteiger charge is -2.39. The molecule has 1 N–H and O–H groups in total. The van der Waals surface area contributed by atoms with Crippen molar-refractivity contribution in [1.82, 2.24) is 0 Å². The Balaban J connectivity index is 1.98. The number of carbonyl (C=O) groups excluding carboxylic acids is 2. The topological polar surface area (TPSA) is 63.6 Å². The van der Waals surface area contributed by atoms with Gasteiger partial charge >= 0.3 is 5.97 Å². The molecule has 0 aliphatic heterocycles. The second-order valence-corrected chi connectivity index (χ2v) is 6.16. The molecule has 0 radical (unpaired) electrons. The molecule has 0 amide bonds. The molecule has 4 nitrogen and oxygen atoms in total. The summed E-state index contributed by atoms with van der Waals surface area (Å²) in [7, 11) is 0. The van der Waals surface area contributed by atoms with E-state index < -0.39 is 11.6 Å². The number of ether oxygens (including phenoxy) is 1. The first-order valence-electron chi connectivity index (χ1n) is 6.99. The highest BCUT2D eigenvalue weighted by Crippen LogP contribution is 2.53. The molecule has 0 saturated heterocycles. The maximum atomic E-state index is 12.5. The van der Waals surface area contributed by atoms with Crippen molar-refractivity contribution in [3.8, 4) is 0 Å². The lowest BCUT2D eigenvalue weighted by atomic mass is 9.67. The number of hydrogen-bond acceptors (Lipinski definition) is 4. The number of esters is 1. The van der Waals surface area contributed by atoms with E-state index in [-0.39, 0.29) is 24.2 Å². The van der Waals surface area contributed by atoms with Crippen LogP contribution in [0.15, 0.2) is 0 Å². The van der Waals surface area contributed by atoms with E-state index in [0.717, 1.165) is 25.7 Å². The van der Waals surface area contributed by atoms with E-state index in [1.165, 1.54) is 6.42 Å². The van der Waals surface area contributed by atoms with Gasteiger partial charge < -0.3 is 9.84 Å². The van der Waals surface area contributed by atoms with Gasteiger partial charge in [-0.2, -0.15) is 0 Å². The molecule has 18 heavy (non-hydrogen) atoms. The molecule has 100 valence electrons. The fraction of sp³-hybridized carbons (Fsp3) is 0.857. The van der Waals surface area contributed by atoms with Crippen molar-refractivity contribution in [2.45, 2.75) is 44.6 Å². The van der Waals surface area contributed by atoms with E-state index in [4.69, 9.17) is 4.74 Å². The minimum Gasteiger partial charge on any atom is -0.464 e. The van der Waals surface area contributed by atoms with E-state index in [1.54, 1.807) is 6.92 Å². The lowest BCUT2D eigenvalue weighted by molar-refractivity contribution is -0.177. The van der Waals surface area contributed by atoms with Gasteiger partial charge in [-0.3, -0.25) is 4.79 Å². The molecule has 3 atom stereocenters. The fourth-order valence-electron chi connectivity index (χ4n) is 4.43. The zero-order valence-electron chi connectivity index (χ0n) is 10.7. The highest BCUT2D eigenvalue weighted by Gasteiger charge is 2.60. The Kier molecular flexibility index (Phi) is 2.73. The van der Waals surface area contributed by atoms with E-state index in [1.807, 2.05) is 0 Å². The first-order chi connectivity index (χ1) is 8.55. The van der Waals surface area contributed by atoms with Gasteiger partial charge in [0.25, 0.3) is 0 Å². The van der Waals surface area contributed by atoms with Crippen LogP contribution in [0.4, 0.5) is 0 Å². The molecule has 3 unspecified atom stereocenters. The molecule has 0 aromatic carbocycles. The van der Waals surface area contributed by atoms with Gasteiger partial charge in [-0.25, -0.2) is 4.79 Å². The van der Waals surface area contributed by atoms with Gasteiger partial charge in [0.1, 0.15) is 0 Å². The Morgan fingerprint density at radius 3 is 2.44 bits per heavy atom. The van der Waals surface area contributed by atoms with Gasteiger partial charge in [0.2, 0.25) is 5.60 Å². The van der Waals surface area contributed by atoms with Crippen molar-refractivity contribution in [2.24, 2.45) is 23.7 Å². The van der Waals surface area contributed by atoms with E-state index >= 15 is 0 Å².